The molecule has 0 aromatic rings. The van der Waals surface area contributed by atoms with Crippen LogP contribution in [0.4, 0.5) is 4.79 Å². The lowest BCUT2D eigenvalue weighted by atomic mass is 10.1. The number of amides is 2. The summed E-state index contributed by atoms with van der Waals surface area (Å²) >= 11 is 1.26. The van der Waals surface area contributed by atoms with E-state index in [9.17, 15) is 9.59 Å². The van der Waals surface area contributed by atoms with E-state index in [-0.39, 0.29) is 11.1 Å². The second kappa shape index (κ2) is 9.83. The van der Waals surface area contributed by atoms with Crippen molar-refractivity contribution in [3.8, 4) is 0 Å². The molecular weight excluding hydrogens is 274 g/mol. The number of carbonyl (C=O) groups excluding carboxylic acids is 2. The zero-order valence-electron chi connectivity index (χ0n) is 12.2. The van der Waals surface area contributed by atoms with E-state index < -0.39 is 0 Å². The molecule has 0 unspecified atom stereocenters. The number of nitrogens with zero attached hydrogens (tertiary/aromatic N) is 1. The van der Waals surface area contributed by atoms with Gasteiger partial charge in [-0.2, -0.15) is 0 Å². The summed E-state index contributed by atoms with van der Waals surface area (Å²) in [6.07, 6.45) is 7.35. The van der Waals surface area contributed by atoms with Gasteiger partial charge in [0.15, 0.2) is 0 Å². The minimum Gasteiger partial charge on any atom is -0.355 e. The molecule has 0 atom stereocenters. The molecule has 1 fully saturated rings. The van der Waals surface area contributed by atoms with Crippen molar-refractivity contribution in [2.75, 3.05) is 32.4 Å². The number of unbranched alkanes of at least 4 members (excludes halogenated alkanes) is 1. The lowest BCUT2D eigenvalue weighted by Gasteiger charge is -2.31. The number of rotatable bonds is 7. The zero-order chi connectivity index (χ0) is 14.8. The van der Waals surface area contributed by atoms with Crippen LogP contribution in [0, 0.1) is 0 Å². The first kappa shape index (κ1) is 17.0. The molecule has 1 saturated heterocycles. The van der Waals surface area contributed by atoms with Crippen LogP contribution in [0.15, 0.2) is 12.7 Å². The summed E-state index contributed by atoms with van der Waals surface area (Å²) in [4.78, 5) is 25.0. The summed E-state index contributed by atoms with van der Waals surface area (Å²) in [5, 5.41) is 6.28. The SMILES string of the molecule is C=CCCCNC(=O)CNC1CCN(C(=O)SC)CC1. The van der Waals surface area contributed by atoms with Gasteiger partial charge >= 0.3 is 0 Å². The first-order valence-electron chi connectivity index (χ1n) is 7.11. The number of allylic oxidation sites excluding steroid dienone is 1. The predicted molar refractivity (Wildman–Crippen MR) is 83.9 cm³/mol. The van der Waals surface area contributed by atoms with Gasteiger partial charge in [0, 0.05) is 25.7 Å². The van der Waals surface area contributed by atoms with Crippen molar-refractivity contribution in [2.45, 2.75) is 31.7 Å². The fraction of sp³-hybridized carbons (Fsp3) is 0.714. The quantitative estimate of drug-likeness (QED) is 0.554. The van der Waals surface area contributed by atoms with Gasteiger partial charge in [-0.3, -0.25) is 9.59 Å². The molecule has 2 N–H and O–H groups in total. The van der Waals surface area contributed by atoms with Crippen LogP contribution in [0.5, 0.6) is 0 Å². The lowest BCUT2D eigenvalue weighted by molar-refractivity contribution is -0.120. The molecule has 0 aromatic carbocycles. The van der Waals surface area contributed by atoms with E-state index in [0.29, 0.717) is 19.1 Å². The molecule has 1 heterocycles. The molecule has 114 valence electrons. The van der Waals surface area contributed by atoms with Crippen LogP contribution in [-0.4, -0.2) is 54.5 Å². The van der Waals surface area contributed by atoms with Gasteiger partial charge in [-0.1, -0.05) is 17.8 Å². The molecular formula is C14H25N3O2S. The highest BCUT2D eigenvalue weighted by atomic mass is 32.2. The molecule has 0 saturated carbocycles. The standard InChI is InChI=1S/C14H25N3O2S/c1-3-4-5-8-15-13(18)11-16-12-6-9-17(10-7-12)14(19)20-2/h3,12,16H,1,4-11H2,2H3,(H,15,18). The fourth-order valence-electron chi connectivity index (χ4n) is 2.17. The molecule has 0 bridgehead atoms. The van der Waals surface area contributed by atoms with Gasteiger partial charge < -0.3 is 15.5 Å². The lowest BCUT2D eigenvalue weighted by Crippen LogP contribution is -2.46. The average molecular weight is 299 g/mol. The Morgan fingerprint density at radius 2 is 2.10 bits per heavy atom. The Morgan fingerprint density at radius 3 is 2.70 bits per heavy atom. The first-order valence-corrected chi connectivity index (χ1v) is 8.33. The smallest absolute Gasteiger partial charge is 0.281 e. The van der Waals surface area contributed by atoms with Gasteiger partial charge in [0.2, 0.25) is 5.91 Å². The van der Waals surface area contributed by atoms with E-state index in [4.69, 9.17) is 0 Å². The third-order valence-electron chi connectivity index (χ3n) is 3.39. The van der Waals surface area contributed by atoms with Crippen LogP contribution in [0.25, 0.3) is 0 Å². The number of likely N-dealkylation sites (tertiary alicyclic amines) is 1. The highest BCUT2D eigenvalue weighted by Gasteiger charge is 2.22. The molecule has 1 aliphatic rings. The Kier molecular flexibility index (Phi) is 8.37. The van der Waals surface area contributed by atoms with Crippen molar-refractivity contribution < 1.29 is 9.59 Å². The normalized spacial score (nSPS) is 15.9. The van der Waals surface area contributed by atoms with Crippen molar-refractivity contribution in [1.29, 1.82) is 0 Å². The van der Waals surface area contributed by atoms with Crippen molar-refractivity contribution >= 4 is 22.9 Å². The molecule has 0 spiro atoms. The number of hydrogen-bond acceptors (Lipinski definition) is 4. The topological polar surface area (TPSA) is 61.4 Å². The Bertz CT molecular complexity index is 328. The second-order valence-corrected chi connectivity index (χ2v) is 5.65. The van der Waals surface area contributed by atoms with Crippen LogP contribution in [0.1, 0.15) is 25.7 Å². The average Bonchev–Trinajstić information content (AvgIpc) is 2.49. The van der Waals surface area contributed by atoms with Crippen LogP contribution in [-0.2, 0) is 4.79 Å². The summed E-state index contributed by atoms with van der Waals surface area (Å²) in [6.45, 7) is 6.26. The van der Waals surface area contributed by atoms with Crippen molar-refractivity contribution in [1.82, 2.24) is 15.5 Å². The number of carbonyl (C=O) groups is 2. The Morgan fingerprint density at radius 1 is 1.40 bits per heavy atom. The molecule has 2 amide bonds. The highest BCUT2D eigenvalue weighted by molar-refractivity contribution is 8.12. The number of hydrogen-bond donors (Lipinski definition) is 2. The van der Waals surface area contributed by atoms with Crippen LogP contribution < -0.4 is 10.6 Å². The van der Waals surface area contributed by atoms with Crippen LogP contribution >= 0.6 is 11.8 Å². The summed E-state index contributed by atoms with van der Waals surface area (Å²) in [7, 11) is 0. The number of piperidine rings is 1. The maximum atomic E-state index is 11.6. The first-order chi connectivity index (χ1) is 9.67. The number of nitrogens with one attached hydrogen (secondary N) is 2. The minimum absolute atomic E-state index is 0.0386. The van der Waals surface area contributed by atoms with Crippen LogP contribution in [0.3, 0.4) is 0 Å². The zero-order valence-corrected chi connectivity index (χ0v) is 13.0. The van der Waals surface area contributed by atoms with Gasteiger partial charge in [-0.05, 0) is 31.9 Å². The summed E-state index contributed by atoms with van der Waals surface area (Å²) < 4.78 is 0. The van der Waals surface area contributed by atoms with E-state index in [2.05, 4.69) is 17.2 Å². The van der Waals surface area contributed by atoms with E-state index in [1.54, 1.807) is 0 Å². The molecule has 1 aliphatic heterocycles. The Labute approximate surface area is 125 Å². The molecule has 0 aliphatic carbocycles. The minimum atomic E-state index is 0.0386. The molecule has 0 radical (unpaired) electrons. The number of thioether (sulfide) groups is 1. The second-order valence-electron chi connectivity index (χ2n) is 4.89. The highest BCUT2D eigenvalue weighted by Crippen LogP contribution is 2.14. The molecule has 0 aromatic heterocycles. The Hall–Kier alpha value is -1.01. The van der Waals surface area contributed by atoms with Crippen LogP contribution in [0.2, 0.25) is 0 Å². The summed E-state index contributed by atoms with van der Waals surface area (Å²) in [5.41, 5.74) is 0. The van der Waals surface area contributed by atoms with Crippen molar-refractivity contribution in [3.63, 3.8) is 0 Å². The molecule has 6 heteroatoms. The summed E-state index contributed by atoms with van der Waals surface area (Å²) in [6, 6.07) is 0.333. The third kappa shape index (κ3) is 6.43. The maximum Gasteiger partial charge on any atom is 0.281 e. The van der Waals surface area contributed by atoms with Gasteiger partial charge in [0.1, 0.15) is 0 Å². The van der Waals surface area contributed by atoms with Gasteiger partial charge in [0.05, 0.1) is 6.54 Å². The fourth-order valence-corrected chi connectivity index (χ4v) is 2.61. The third-order valence-corrected chi connectivity index (χ3v) is 3.99. The van der Waals surface area contributed by atoms with Gasteiger partial charge in [0.25, 0.3) is 5.24 Å². The maximum absolute atomic E-state index is 11.6. The van der Waals surface area contributed by atoms with E-state index in [0.717, 1.165) is 38.8 Å². The van der Waals surface area contributed by atoms with Gasteiger partial charge in [-0.15, -0.1) is 6.58 Å². The predicted octanol–water partition coefficient (Wildman–Crippen LogP) is 1.61. The molecule has 1 rings (SSSR count). The van der Waals surface area contributed by atoms with Crippen molar-refractivity contribution in [3.05, 3.63) is 12.7 Å². The van der Waals surface area contributed by atoms with E-state index in [1.807, 2.05) is 17.2 Å². The van der Waals surface area contributed by atoms with Crippen molar-refractivity contribution in [2.24, 2.45) is 0 Å². The van der Waals surface area contributed by atoms with Gasteiger partial charge in [-0.25, -0.2) is 0 Å². The Balaban J connectivity index is 2.10. The monoisotopic (exact) mass is 299 g/mol. The largest absolute Gasteiger partial charge is 0.355 e. The summed E-state index contributed by atoms with van der Waals surface area (Å²) in [5.74, 6) is 0.0386. The molecule has 20 heavy (non-hydrogen) atoms. The molecule has 5 nitrogen and oxygen atoms in total. The van der Waals surface area contributed by atoms with E-state index >= 15 is 0 Å². The van der Waals surface area contributed by atoms with E-state index in [1.165, 1.54) is 11.8 Å².